The predicted octanol–water partition coefficient (Wildman–Crippen LogP) is 1.14. The Hall–Kier alpha value is -2.22. The molecule has 1 atom stereocenters. The highest BCUT2D eigenvalue weighted by atomic mass is 16.6. The molecule has 0 bridgehead atoms. The Bertz CT molecular complexity index is 499. The van der Waals surface area contributed by atoms with Gasteiger partial charge in [0.05, 0.1) is 11.5 Å². The van der Waals surface area contributed by atoms with Gasteiger partial charge in [0, 0.05) is 25.1 Å². The lowest BCUT2D eigenvalue weighted by molar-refractivity contribution is -0.384. The second-order valence-corrected chi connectivity index (χ2v) is 4.24. The summed E-state index contributed by atoms with van der Waals surface area (Å²) in [6.07, 6.45) is 0.874. The number of nitrogens with one attached hydrogen (secondary N) is 1. The van der Waals surface area contributed by atoms with Crippen LogP contribution in [0.15, 0.2) is 12.1 Å². The van der Waals surface area contributed by atoms with Gasteiger partial charge in [-0.3, -0.25) is 10.1 Å². The van der Waals surface area contributed by atoms with Gasteiger partial charge in [-0.2, -0.15) is 0 Å². The smallest absolute Gasteiger partial charge is 0.354 e. The number of nitro groups is 1. The number of aromatic nitrogens is 1. The van der Waals surface area contributed by atoms with Crippen molar-refractivity contribution >= 4 is 17.5 Å². The number of carbonyl (C=O) groups is 1. The SMILES string of the molecule is O=C(O)c1ccc([N+](=O)[O-])c(NCC2CCOC2)n1. The molecule has 0 saturated carbocycles. The normalized spacial score (nSPS) is 18.2. The second-order valence-electron chi connectivity index (χ2n) is 4.24. The molecule has 19 heavy (non-hydrogen) atoms. The number of anilines is 1. The van der Waals surface area contributed by atoms with Crippen LogP contribution in [0, 0.1) is 16.0 Å². The van der Waals surface area contributed by atoms with Gasteiger partial charge in [-0.25, -0.2) is 9.78 Å². The summed E-state index contributed by atoms with van der Waals surface area (Å²) in [5, 5.41) is 22.5. The monoisotopic (exact) mass is 267 g/mol. The zero-order valence-electron chi connectivity index (χ0n) is 10.0. The van der Waals surface area contributed by atoms with Crippen molar-refractivity contribution in [1.29, 1.82) is 0 Å². The van der Waals surface area contributed by atoms with E-state index < -0.39 is 10.9 Å². The third kappa shape index (κ3) is 3.16. The maximum Gasteiger partial charge on any atom is 0.354 e. The van der Waals surface area contributed by atoms with E-state index in [1.807, 2.05) is 0 Å². The van der Waals surface area contributed by atoms with Crippen LogP contribution in [-0.2, 0) is 4.74 Å². The first-order valence-corrected chi connectivity index (χ1v) is 5.78. The molecule has 1 aliphatic heterocycles. The van der Waals surface area contributed by atoms with E-state index in [9.17, 15) is 14.9 Å². The van der Waals surface area contributed by atoms with Gasteiger partial charge >= 0.3 is 11.7 Å². The highest BCUT2D eigenvalue weighted by molar-refractivity contribution is 5.86. The molecule has 8 heteroatoms. The molecule has 0 radical (unpaired) electrons. The van der Waals surface area contributed by atoms with Crippen LogP contribution in [-0.4, -0.2) is 40.7 Å². The number of nitrogens with zero attached hydrogens (tertiary/aromatic N) is 2. The third-order valence-corrected chi connectivity index (χ3v) is 2.87. The van der Waals surface area contributed by atoms with Crippen molar-refractivity contribution in [3.05, 3.63) is 27.9 Å². The minimum absolute atomic E-state index is 0.0169. The van der Waals surface area contributed by atoms with Gasteiger partial charge in [0.25, 0.3) is 0 Å². The van der Waals surface area contributed by atoms with E-state index in [4.69, 9.17) is 9.84 Å². The quantitative estimate of drug-likeness (QED) is 0.607. The number of rotatable bonds is 5. The first-order chi connectivity index (χ1) is 9.08. The molecule has 1 fully saturated rings. The maximum absolute atomic E-state index is 10.9. The van der Waals surface area contributed by atoms with E-state index in [0.717, 1.165) is 18.6 Å². The first-order valence-electron chi connectivity index (χ1n) is 5.78. The summed E-state index contributed by atoms with van der Waals surface area (Å²) in [6, 6.07) is 2.26. The van der Waals surface area contributed by atoms with Crippen molar-refractivity contribution in [3.8, 4) is 0 Å². The van der Waals surface area contributed by atoms with Crippen molar-refractivity contribution < 1.29 is 19.6 Å². The first kappa shape index (κ1) is 13.2. The summed E-state index contributed by atoms with van der Waals surface area (Å²) in [6.45, 7) is 1.74. The molecule has 1 unspecified atom stereocenters. The fourth-order valence-electron chi connectivity index (χ4n) is 1.83. The molecule has 102 valence electrons. The predicted molar refractivity (Wildman–Crippen MR) is 65.3 cm³/mol. The zero-order valence-corrected chi connectivity index (χ0v) is 10.0. The summed E-state index contributed by atoms with van der Waals surface area (Å²) in [5.74, 6) is -0.978. The van der Waals surface area contributed by atoms with Crippen molar-refractivity contribution in [1.82, 2.24) is 4.98 Å². The summed E-state index contributed by atoms with van der Waals surface area (Å²) in [5.41, 5.74) is -0.459. The molecule has 1 aromatic rings. The number of carboxylic acid groups (broad SMARTS) is 1. The molecule has 2 N–H and O–H groups in total. The van der Waals surface area contributed by atoms with Crippen LogP contribution < -0.4 is 5.32 Å². The molecule has 1 aliphatic rings. The Balaban J connectivity index is 2.16. The molecule has 8 nitrogen and oxygen atoms in total. The van der Waals surface area contributed by atoms with Crippen LogP contribution in [0.3, 0.4) is 0 Å². The van der Waals surface area contributed by atoms with Gasteiger partial charge in [-0.05, 0) is 12.5 Å². The van der Waals surface area contributed by atoms with Gasteiger partial charge in [0.2, 0.25) is 5.82 Å². The van der Waals surface area contributed by atoms with Crippen molar-refractivity contribution in [2.45, 2.75) is 6.42 Å². The van der Waals surface area contributed by atoms with Crippen LogP contribution in [0.25, 0.3) is 0 Å². The van der Waals surface area contributed by atoms with Crippen molar-refractivity contribution in [2.75, 3.05) is 25.1 Å². The summed E-state index contributed by atoms with van der Waals surface area (Å²) >= 11 is 0. The average Bonchev–Trinajstić information content (AvgIpc) is 2.88. The number of hydrogen-bond donors (Lipinski definition) is 2. The van der Waals surface area contributed by atoms with E-state index in [1.165, 1.54) is 0 Å². The van der Waals surface area contributed by atoms with E-state index in [2.05, 4.69) is 10.3 Å². The molecule has 0 spiro atoms. The fourth-order valence-corrected chi connectivity index (χ4v) is 1.83. The van der Waals surface area contributed by atoms with Crippen LogP contribution in [0.2, 0.25) is 0 Å². The van der Waals surface area contributed by atoms with Crippen LogP contribution in [0.1, 0.15) is 16.9 Å². The lowest BCUT2D eigenvalue weighted by atomic mass is 10.1. The number of hydrogen-bond acceptors (Lipinski definition) is 6. The molecule has 2 heterocycles. The zero-order chi connectivity index (χ0) is 13.8. The summed E-state index contributed by atoms with van der Waals surface area (Å²) in [4.78, 5) is 24.8. The third-order valence-electron chi connectivity index (χ3n) is 2.87. The Morgan fingerprint density at radius 1 is 1.63 bits per heavy atom. The van der Waals surface area contributed by atoms with Gasteiger partial charge in [-0.15, -0.1) is 0 Å². The van der Waals surface area contributed by atoms with Crippen LogP contribution in [0.4, 0.5) is 11.5 Å². The molecule has 0 aliphatic carbocycles. The summed E-state index contributed by atoms with van der Waals surface area (Å²) < 4.78 is 5.20. The molecule has 0 amide bonds. The number of pyridine rings is 1. The Morgan fingerprint density at radius 3 is 3.00 bits per heavy atom. The van der Waals surface area contributed by atoms with Crippen molar-refractivity contribution in [3.63, 3.8) is 0 Å². The van der Waals surface area contributed by atoms with Gasteiger partial charge in [-0.1, -0.05) is 0 Å². The minimum atomic E-state index is -1.22. The van der Waals surface area contributed by atoms with Crippen molar-refractivity contribution in [2.24, 2.45) is 5.92 Å². The standard InChI is InChI=1S/C11H13N3O5/c15-11(16)8-1-2-9(14(17)18)10(13-8)12-5-7-3-4-19-6-7/h1-2,7H,3-6H2,(H,12,13)(H,15,16). The largest absolute Gasteiger partial charge is 0.477 e. The number of aromatic carboxylic acids is 1. The van der Waals surface area contributed by atoms with Crippen LogP contribution >= 0.6 is 0 Å². The fraction of sp³-hybridized carbons (Fsp3) is 0.455. The average molecular weight is 267 g/mol. The lowest BCUT2D eigenvalue weighted by Gasteiger charge is -2.10. The molecule has 2 rings (SSSR count). The lowest BCUT2D eigenvalue weighted by Crippen LogP contribution is -2.16. The maximum atomic E-state index is 10.9. The van der Waals surface area contributed by atoms with E-state index in [-0.39, 0.29) is 23.1 Å². The summed E-state index contributed by atoms with van der Waals surface area (Å²) in [7, 11) is 0. The topological polar surface area (TPSA) is 115 Å². The Labute approximate surface area is 108 Å². The van der Waals surface area contributed by atoms with E-state index in [0.29, 0.717) is 19.8 Å². The van der Waals surface area contributed by atoms with Crippen LogP contribution in [0.5, 0.6) is 0 Å². The highest BCUT2D eigenvalue weighted by Crippen LogP contribution is 2.23. The van der Waals surface area contributed by atoms with Gasteiger partial charge in [0.1, 0.15) is 0 Å². The minimum Gasteiger partial charge on any atom is -0.477 e. The Kier molecular flexibility index (Phi) is 3.91. The molecule has 1 aromatic heterocycles. The van der Waals surface area contributed by atoms with E-state index >= 15 is 0 Å². The number of carboxylic acids is 1. The van der Waals surface area contributed by atoms with E-state index in [1.54, 1.807) is 0 Å². The van der Waals surface area contributed by atoms with Gasteiger partial charge < -0.3 is 15.2 Å². The molecular weight excluding hydrogens is 254 g/mol. The molecular formula is C11H13N3O5. The highest BCUT2D eigenvalue weighted by Gasteiger charge is 2.21. The molecule has 1 saturated heterocycles. The Morgan fingerprint density at radius 2 is 2.42 bits per heavy atom. The number of ether oxygens (including phenoxy) is 1. The second kappa shape index (κ2) is 5.61. The molecule has 0 aromatic carbocycles. The van der Waals surface area contributed by atoms with Gasteiger partial charge in [0.15, 0.2) is 5.69 Å².